The number of alkyl halides is 1. The van der Waals surface area contributed by atoms with E-state index in [4.69, 9.17) is 5.11 Å². The van der Waals surface area contributed by atoms with Crippen LogP contribution in [0.15, 0.2) is 0 Å². The quantitative estimate of drug-likeness (QED) is 0.575. The molecule has 0 rings (SSSR count). The maximum Gasteiger partial charge on any atom is 0.506 e. The number of carbonyl (C=O) groups is 1. The minimum atomic E-state index is -1.21. The predicted octanol–water partition coefficient (Wildman–Crippen LogP) is 2.24. The van der Waals surface area contributed by atoms with E-state index in [0.29, 0.717) is 11.2 Å². The summed E-state index contributed by atoms with van der Waals surface area (Å²) in [6, 6.07) is 0. The largest absolute Gasteiger partial charge is 0.506 e. The van der Waals surface area contributed by atoms with Gasteiger partial charge in [0.1, 0.15) is 6.10 Å². The lowest BCUT2D eigenvalue weighted by molar-refractivity contribution is 0.0563. The highest BCUT2D eigenvalue weighted by Crippen LogP contribution is 2.09. The minimum Gasteiger partial charge on any atom is -0.450 e. The molecule has 0 heterocycles. The molecule has 0 aromatic carbocycles. The van der Waals surface area contributed by atoms with E-state index in [9.17, 15) is 4.79 Å². The minimum absolute atomic E-state index is 0.230. The van der Waals surface area contributed by atoms with Gasteiger partial charge in [0.05, 0.1) is 0 Å². The van der Waals surface area contributed by atoms with Gasteiger partial charge in [0.15, 0.2) is 0 Å². The van der Waals surface area contributed by atoms with Gasteiger partial charge < -0.3 is 9.84 Å². The van der Waals surface area contributed by atoms with Gasteiger partial charge in [-0.2, -0.15) is 0 Å². The van der Waals surface area contributed by atoms with Gasteiger partial charge in [-0.25, -0.2) is 4.79 Å². The summed E-state index contributed by atoms with van der Waals surface area (Å²) in [4.78, 5) is 10.2. The maximum atomic E-state index is 9.95. The summed E-state index contributed by atoms with van der Waals surface area (Å²) >= 11 is 3.29. The highest BCUT2D eigenvalue weighted by Gasteiger charge is 2.09. The van der Waals surface area contributed by atoms with Crippen molar-refractivity contribution in [1.29, 1.82) is 0 Å². The average molecular weight is 211 g/mol. The summed E-state index contributed by atoms with van der Waals surface area (Å²) in [6.45, 7) is 3.67. The molecule has 60 valence electrons. The molecule has 0 fully saturated rings. The Hall–Kier alpha value is -0.250. The second-order valence-corrected chi connectivity index (χ2v) is 3.77. The van der Waals surface area contributed by atoms with Gasteiger partial charge in [0.25, 0.3) is 0 Å². The van der Waals surface area contributed by atoms with Gasteiger partial charge in [0.2, 0.25) is 0 Å². The SMILES string of the molecule is CC(Br)CC(C)OC(=O)O. The topological polar surface area (TPSA) is 46.5 Å². The zero-order chi connectivity index (χ0) is 8.15. The molecule has 2 unspecified atom stereocenters. The highest BCUT2D eigenvalue weighted by molar-refractivity contribution is 9.09. The molecule has 0 amide bonds. The molecule has 10 heavy (non-hydrogen) atoms. The van der Waals surface area contributed by atoms with Crippen LogP contribution in [0.1, 0.15) is 20.3 Å². The molecule has 2 atom stereocenters. The summed E-state index contributed by atoms with van der Waals surface area (Å²) in [5.74, 6) is 0. The molecular formula is C6H11BrO3. The third-order valence-electron chi connectivity index (χ3n) is 0.959. The van der Waals surface area contributed by atoms with Crippen LogP contribution in [-0.4, -0.2) is 22.2 Å². The Morgan fingerprint density at radius 3 is 2.50 bits per heavy atom. The summed E-state index contributed by atoms with van der Waals surface area (Å²) in [6.07, 6.45) is -0.737. The second kappa shape index (κ2) is 4.55. The Kier molecular flexibility index (Phi) is 4.43. The fourth-order valence-corrected chi connectivity index (χ4v) is 1.20. The molecule has 0 aliphatic heterocycles. The van der Waals surface area contributed by atoms with Crippen LogP contribution >= 0.6 is 15.9 Å². The van der Waals surface area contributed by atoms with Crippen molar-refractivity contribution < 1.29 is 14.6 Å². The Labute approximate surface area is 68.5 Å². The van der Waals surface area contributed by atoms with E-state index in [1.54, 1.807) is 6.92 Å². The Morgan fingerprint density at radius 2 is 2.20 bits per heavy atom. The van der Waals surface area contributed by atoms with Gasteiger partial charge in [-0.05, 0) is 13.3 Å². The third-order valence-corrected chi connectivity index (χ3v) is 1.33. The molecule has 0 aromatic heterocycles. The van der Waals surface area contributed by atoms with Gasteiger partial charge >= 0.3 is 6.16 Å². The number of hydrogen-bond acceptors (Lipinski definition) is 2. The number of rotatable bonds is 3. The first-order valence-electron chi connectivity index (χ1n) is 3.06. The molecule has 3 nitrogen and oxygen atoms in total. The van der Waals surface area contributed by atoms with Crippen molar-refractivity contribution in [2.24, 2.45) is 0 Å². The maximum absolute atomic E-state index is 9.95. The van der Waals surface area contributed by atoms with Crippen molar-refractivity contribution in [2.45, 2.75) is 31.2 Å². The zero-order valence-corrected chi connectivity index (χ0v) is 7.59. The van der Waals surface area contributed by atoms with Crippen LogP contribution in [0, 0.1) is 0 Å². The van der Waals surface area contributed by atoms with Crippen LogP contribution in [0.2, 0.25) is 0 Å². The molecule has 0 aliphatic carbocycles. The molecule has 0 saturated heterocycles. The van der Waals surface area contributed by atoms with Crippen molar-refractivity contribution in [3.8, 4) is 0 Å². The standard InChI is InChI=1S/C6H11BrO3/c1-4(7)3-5(2)10-6(8)9/h4-5H,3H2,1-2H3,(H,8,9). The van der Waals surface area contributed by atoms with Gasteiger partial charge in [-0.3, -0.25) is 0 Å². The Bertz CT molecular complexity index is 114. The van der Waals surface area contributed by atoms with Crippen molar-refractivity contribution >= 4 is 22.1 Å². The van der Waals surface area contributed by atoms with E-state index in [0.717, 1.165) is 0 Å². The van der Waals surface area contributed by atoms with Crippen molar-refractivity contribution in [2.75, 3.05) is 0 Å². The van der Waals surface area contributed by atoms with E-state index in [1.807, 2.05) is 6.92 Å². The number of carboxylic acid groups (broad SMARTS) is 1. The van der Waals surface area contributed by atoms with Gasteiger partial charge in [0, 0.05) is 4.83 Å². The van der Waals surface area contributed by atoms with Crippen molar-refractivity contribution in [3.05, 3.63) is 0 Å². The normalized spacial score (nSPS) is 15.9. The number of ether oxygens (including phenoxy) is 1. The first-order valence-corrected chi connectivity index (χ1v) is 3.97. The second-order valence-electron chi connectivity index (χ2n) is 2.21. The van der Waals surface area contributed by atoms with E-state index in [2.05, 4.69) is 20.7 Å². The summed E-state index contributed by atoms with van der Waals surface area (Å²) < 4.78 is 4.45. The van der Waals surface area contributed by atoms with Crippen LogP contribution in [0.5, 0.6) is 0 Å². The molecule has 0 aliphatic rings. The van der Waals surface area contributed by atoms with Crippen LogP contribution in [0.25, 0.3) is 0 Å². The number of hydrogen-bond donors (Lipinski definition) is 1. The van der Waals surface area contributed by atoms with Crippen LogP contribution in [-0.2, 0) is 4.74 Å². The summed E-state index contributed by atoms with van der Waals surface area (Å²) in [7, 11) is 0. The van der Waals surface area contributed by atoms with Gasteiger partial charge in [-0.15, -0.1) is 0 Å². The lowest BCUT2D eigenvalue weighted by Crippen LogP contribution is -2.15. The van der Waals surface area contributed by atoms with Crippen LogP contribution in [0.4, 0.5) is 4.79 Å². The smallest absolute Gasteiger partial charge is 0.450 e. The van der Waals surface area contributed by atoms with E-state index in [-0.39, 0.29) is 6.10 Å². The van der Waals surface area contributed by atoms with E-state index >= 15 is 0 Å². The molecule has 0 bridgehead atoms. The summed E-state index contributed by atoms with van der Waals surface area (Å²) in [5, 5.41) is 8.16. The summed E-state index contributed by atoms with van der Waals surface area (Å²) in [5.41, 5.74) is 0. The monoisotopic (exact) mass is 210 g/mol. The molecular weight excluding hydrogens is 200 g/mol. The molecule has 1 N–H and O–H groups in total. The number of halogens is 1. The lowest BCUT2D eigenvalue weighted by Gasteiger charge is -2.10. The average Bonchev–Trinajstić information content (AvgIpc) is 1.58. The first kappa shape index (κ1) is 9.75. The fourth-order valence-electron chi connectivity index (χ4n) is 0.678. The lowest BCUT2D eigenvalue weighted by atomic mass is 10.2. The fraction of sp³-hybridized carbons (Fsp3) is 0.833. The Morgan fingerprint density at radius 1 is 1.70 bits per heavy atom. The van der Waals surface area contributed by atoms with Gasteiger partial charge in [-0.1, -0.05) is 22.9 Å². The van der Waals surface area contributed by atoms with Crippen molar-refractivity contribution in [1.82, 2.24) is 0 Å². The van der Waals surface area contributed by atoms with Crippen LogP contribution < -0.4 is 0 Å². The molecule has 0 spiro atoms. The van der Waals surface area contributed by atoms with Crippen LogP contribution in [0.3, 0.4) is 0 Å². The highest BCUT2D eigenvalue weighted by atomic mass is 79.9. The molecule has 0 radical (unpaired) electrons. The van der Waals surface area contributed by atoms with E-state index in [1.165, 1.54) is 0 Å². The molecule has 0 aromatic rings. The van der Waals surface area contributed by atoms with E-state index < -0.39 is 6.16 Å². The molecule has 0 saturated carbocycles. The molecule has 4 heteroatoms. The predicted molar refractivity (Wildman–Crippen MR) is 41.6 cm³/mol. The first-order chi connectivity index (χ1) is 4.52. The zero-order valence-electron chi connectivity index (χ0n) is 6.00. The Balaban J connectivity index is 3.43. The third kappa shape index (κ3) is 5.88. The van der Waals surface area contributed by atoms with Crippen molar-refractivity contribution in [3.63, 3.8) is 0 Å².